The SMILES string of the molecule is Cn1cc(C(=O)NC[C@H](O)c2cc3ccccc3s2)cn1. The number of aryl methyl sites for hydroxylation is 1. The van der Waals surface area contributed by atoms with Crippen molar-refractivity contribution in [2.24, 2.45) is 7.05 Å². The van der Waals surface area contributed by atoms with Crippen molar-refractivity contribution < 1.29 is 9.90 Å². The monoisotopic (exact) mass is 301 g/mol. The van der Waals surface area contributed by atoms with Gasteiger partial charge in [-0.25, -0.2) is 0 Å². The van der Waals surface area contributed by atoms with Crippen LogP contribution in [0.5, 0.6) is 0 Å². The van der Waals surface area contributed by atoms with Crippen molar-refractivity contribution in [3.8, 4) is 0 Å². The second-order valence-corrected chi connectivity index (χ2v) is 5.93. The number of amides is 1. The maximum atomic E-state index is 11.9. The molecule has 3 rings (SSSR count). The van der Waals surface area contributed by atoms with E-state index < -0.39 is 6.10 Å². The highest BCUT2D eigenvalue weighted by Crippen LogP contribution is 2.29. The molecule has 0 spiro atoms. The predicted octanol–water partition coefficient (Wildman–Crippen LogP) is 2.10. The lowest BCUT2D eigenvalue weighted by atomic mass is 10.2. The van der Waals surface area contributed by atoms with E-state index in [0.717, 1.165) is 15.0 Å². The zero-order valence-corrected chi connectivity index (χ0v) is 12.3. The normalized spacial score (nSPS) is 12.5. The molecule has 1 amide bonds. The van der Waals surface area contributed by atoms with E-state index in [1.54, 1.807) is 17.9 Å². The number of carbonyl (C=O) groups excluding carboxylic acids is 1. The Labute approximate surface area is 125 Å². The Hall–Kier alpha value is -2.18. The topological polar surface area (TPSA) is 67.2 Å². The molecule has 108 valence electrons. The molecular formula is C15H15N3O2S. The van der Waals surface area contributed by atoms with Gasteiger partial charge < -0.3 is 10.4 Å². The summed E-state index contributed by atoms with van der Waals surface area (Å²) in [5.74, 6) is -0.233. The van der Waals surface area contributed by atoms with Crippen LogP contribution in [0.2, 0.25) is 0 Å². The molecule has 2 heterocycles. The smallest absolute Gasteiger partial charge is 0.254 e. The minimum absolute atomic E-state index is 0.181. The van der Waals surface area contributed by atoms with Crippen LogP contribution in [0.1, 0.15) is 21.3 Å². The maximum Gasteiger partial charge on any atom is 0.254 e. The summed E-state index contributed by atoms with van der Waals surface area (Å²) in [4.78, 5) is 12.7. The molecule has 0 saturated carbocycles. The van der Waals surface area contributed by atoms with Gasteiger partial charge in [0, 0.05) is 29.4 Å². The van der Waals surface area contributed by atoms with E-state index in [1.165, 1.54) is 17.5 Å². The highest BCUT2D eigenvalue weighted by atomic mass is 32.1. The summed E-state index contributed by atoms with van der Waals surface area (Å²) >= 11 is 1.54. The molecule has 2 aromatic heterocycles. The Morgan fingerprint density at radius 3 is 3.00 bits per heavy atom. The molecule has 0 bridgehead atoms. The third-order valence-corrected chi connectivity index (χ3v) is 4.41. The summed E-state index contributed by atoms with van der Waals surface area (Å²) in [6.45, 7) is 0.181. The van der Waals surface area contributed by atoms with Crippen molar-refractivity contribution in [2.75, 3.05) is 6.54 Å². The Morgan fingerprint density at radius 2 is 2.29 bits per heavy atom. The number of nitrogens with zero attached hydrogens (tertiary/aromatic N) is 2. The second kappa shape index (κ2) is 5.67. The number of fused-ring (bicyclic) bond motifs is 1. The predicted molar refractivity (Wildman–Crippen MR) is 82.3 cm³/mol. The first kappa shape index (κ1) is 13.8. The Kier molecular flexibility index (Phi) is 3.72. The van der Waals surface area contributed by atoms with Crippen molar-refractivity contribution in [3.63, 3.8) is 0 Å². The largest absolute Gasteiger partial charge is 0.386 e. The fourth-order valence-electron chi connectivity index (χ4n) is 2.10. The Morgan fingerprint density at radius 1 is 1.48 bits per heavy atom. The Balaban J connectivity index is 1.66. The van der Waals surface area contributed by atoms with Gasteiger partial charge in [-0.05, 0) is 17.5 Å². The van der Waals surface area contributed by atoms with Gasteiger partial charge in [-0.1, -0.05) is 18.2 Å². The van der Waals surface area contributed by atoms with Gasteiger partial charge in [0.1, 0.15) is 6.10 Å². The maximum absolute atomic E-state index is 11.9. The fraction of sp³-hybridized carbons (Fsp3) is 0.200. The standard InChI is InChI=1S/C15H15N3O2S/c1-18-9-11(7-17-18)15(20)16-8-12(19)14-6-10-4-2-3-5-13(10)21-14/h2-7,9,12,19H,8H2,1H3,(H,16,20)/t12-/m0/s1. The number of aromatic nitrogens is 2. The van der Waals surface area contributed by atoms with E-state index in [9.17, 15) is 9.90 Å². The molecular weight excluding hydrogens is 286 g/mol. The number of hydrogen-bond donors (Lipinski definition) is 2. The van der Waals surface area contributed by atoms with Gasteiger partial charge in [-0.3, -0.25) is 9.48 Å². The van der Waals surface area contributed by atoms with Crippen molar-refractivity contribution >= 4 is 27.3 Å². The molecule has 1 atom stereocenters. The molecule has 0 unspecified atom stereocenters. The molecule has 3 aromatic rings. The Bertz CT molecular complexity index is 745. The minimum atomic E-state index is -0.706. The molecule has 0 aliphatic rings. The van der Waals surface area contributed by atoms with Crippen LogP contribution < -0.4 is 5.32 Å². The molecule has 6 heteroatoms. The van der Waals surface area contributed by atoms with Crippen LogP contribution in [-0.2, 0) is 7.05 Å². The quantitative estimate of drug-likeness (QED) is 0.775. The first-order valence-corrected chi connectivity index (χ1v) is 7.38. The molecule has 0 aliphatic carbocycles. The van der Waals surface area contributed by atoms with E-state index in [0.29, 0.717) is 5.56 Å². The number of benzene rings is 1. The fourth-order valence-corrected chi connectivity index (χ4v) is 3.15. The minimum Gasteiger partial charge on any atom is -0.386 e. The zero-order valence-electron chi connectivity index (χ0n) is 11.5. The number of thiophene rings is 1. The summed E-state index contributed by atoms with van der Waals surface area (Å²) in [6, 6.07) is 9.93. The van der Waals surface area contributed by atoms with Gasteiger partial charge in [0.05, 0.1) is 11.8 Å². The summed E-state index contributed by atoms with van der Waals surface area (Å²) < 4.78 is 2.70. The average Bonchev–Trinajstić information content (AvgIpc) is 3.10. The molecule has 0 aliphatic heterocycles. The highest BCUT2D eigenvalue weighted by molar-refractivity contribution is 7.19. The lowest BCUT2D eigenvalue weighted by Crippen LogP contribution is -2.27. The number of rotatable bonds is 4. The van der Waals surface area contributed by atoms with Crippen molar-refractivity contribution in [2.45, 2.75) is 6.10 Å². The number of aliphatic hydroxyl groups excluding tert-OH is 1. The van der Waals surface area contributed by atoms with Crippen LogP contribution >= 0.6 is 11.3 Å². The summed E-state index contributed by atoms with van der Waals surface area (Å²) in [5.41, 5.74) is 0.487. The first-order valence-electron chi connectivity index (χ1n) is 6.57. The van der Waals surface area contributed by atoms with Gasteiger partial charge in [0.15, 0.2) is 0 Å². The van der Waals surface area contributed by atoms with Crippen molar-refractivity contribution in [1.29, 1.82) is 0 Å². The zero-order chi connectivity index (χ0) is 14.8. The van der Waals surface area contributed by atoms with Crippen LogP contribution in [0.25, 0.3) is 10.1 Å². The number of carbonyl (C=O) groups is 1. The number of aliphatic hydroxyl groups is 1. The number of hydrogen-bond acceptors (Lipinski definition) is 4. The van der Waals surface area contributed by atoms with Gasteiger partial charge in [-0.15, -0.1) is 11.3 Å². The summed E-state index contributed by atoms with van der Waals surface area (Å²) in [5, 5.41) is 18.0. The molecule has 1 aromatic carbocycles. The highest BCUT2D eigenvalue weighted by Gasteiger charge is 2.14. The van der Waals surface area contributed by atoms with Gasteiger partial charge >= 0.3 is 0 Å². The summed E-state index contributed by atoms with van der Waals surface area (Å²) in [6.07, 6.45) is 2.44. The van der Waals surface area contributed by atoms with Crippen LogP contribution in [0.15, 0.2) is 42.7 Å². The molecule has 2 N–H and O–H groups in total. The van der Waals surface area contributed by atoms with Crippen LogP contribution in [0.3, 0.4) is 0 Å². The molecule has 0 radical (unpaired) electrons. The molecule has 5 nitrogen and oxygen atoms in total. The van der Waals surface area contributed by atoms with Crippen molar-refractivity contribution in [1.82, 2.24) is 15.1 Å². The first-order chi connectivity index (χ1) is 10.1. The van der Waals surface area contributed by atoms with Gasteiger partial charge in [0.25, 0.3) is 5.91 Å². The van der Waals surface area contributed by atoms with E-state index in [4.69, 9.17) is 0 Å². The lowest BCUT2D eigenvalue weighted by Gasteiger charge is -2.09. The van der Waals surface area contributed by atoms with Gasteiger partial charge in [-0.2, -0.15) is 5.10 Å². The number of nitrogens with one attached hydrogen (secondary N) is 1. The summed E-state index contributed by atoms with van der Waals surface area (Å²) in [7, 11) is 1.75. The van der Waals surface area contributed by atoms with Crippen LogP contribution in [0, 0.1) is 0 Å². The van der Waals surface area contributed by atoms with Crippen LogP contribution in [-0.4, -0.2) is 27.3 Å². The third-order valence-electron chi connectivity index (χ3n) is 3.20. The van der Waals surface area contributed by atoms with Crippen LogP contribution in [0.4, 0.5) is 0 Å². The van der Waals surface area contributed by atoms with Crippen molar-refractivity contribution in [3.05, 3.63) is 53.2 Å². The van der Waals surface area contributed by atoms with E-state index in [1.807, 2.05) is 30.3 Å². The van der Waals surface area contributed by atoms with Gasteiger partial charge in [0.2, 0.25) is 0 Å². The third kappa shape index (κ3) is 2.96. The molecule has 21 heavy (non-hydrogen) atoms. The lowest BCUT2D eigenvalue weighted by molar-refractivity contribution is 0.0918. The second-order valence-electron chi connectivity index (χ2n) is 4.82. The van der Waals surface area contributed by atoms with E-state index >= 15 is 0 Å². The molecule has 0 fully saturated rings. The molecule has 0 saturated heterocycles. The average molecular weight is 301 g/mol. The van der Waals surface area contributed by atoms with E-state index in [-0.39, 0.29) is 12.5 Å². The van der Waals surface area contributed by atoms with E-state index in [2.05, 4.69) is 10.4 Å².